The summed E-state index contributed by atoms with van der Waals surface area (Å²) in [6, 6.07) is 0. The molecular weight excluding hydrogens is 101 g/mol. The summed E-state index contributed by atoms with van der Waals surface area (Å²) < 4.78 is 0. The van der Waals surface area contributed by atoms with Gasteiger partial charge in [0.2, 0.25) is 0 Å². The molecule has 0 unspecified atom stereocenters. The Morgan fingerprint density at radius 3 is 1.67 bits per heavy atom. The SMILES string of the molecule is [CH2-]N1CCC1.[K+]. The zero-order valence-electron chi connectivity index (χ0n) is 4.28. The number of rotatable bonds is 0. The van der Waals surface area contributed by atoms with Gasteiger partial charge in [-0.1, -0.05) is 0 Å². The van der Waals surface area contributed by atoms with Gasteiger partial charge in [0.25, 0.3) is 0 Å². The summed E-state index contributed by atoms with van der Waals surface area (Å²) in [6.45, 7) is 2.42. The molecule has 0 spiro atoms. The maximum atomic E-state index is 3.68. The van der Waals surface area contributed by atoms with Crippen LogP contribution in [0.2, 0.25) is 0 Å². The van der Waals surface area contributed by atoms with Gasteiger partial charge in [-0.3, -0.25) is 7.05 Å². The van der Waals surface area contributed by atoms with Gasteiger partial charge in [0.1, 0.15) is 0 Å². The number of hydrogen-bond donors (Lipinski definition) is 0. The largest absolute Gasteiger partial charge is 1.00 e. The number of hydrogen-bond acceptors (Lipinski definition) is 1. The van der Waals surface area contributed by atoms with E-state index in [0.717, 1.165) is 0 Å². The molecule has 30 valence electrons. The van der Waals surface area contributed by atoms with Crippen molar-refractivity contribution in [2.75, 3.05) is 13.1 Å². The molecule has 0 aliphatic carbocycles. The average molecular weight is 109 g/mol. The second-order valence-electron chi connectivity index (χ2n) is 1.47. The quantitative estimate of drug-likeness (QED) is 0.245. The van der Waals surface area contributed by atoms with Crippen molar-refractivity contribution in [1.82, 2.24) is 4.90 Å². The molecule has 1 fully saturated rings. The zero-order chi connectivity index (χ0) is 3.70. The van der Waals surface area contributed by atoms with Crippen molar-refractivity contribution in [1.29, 1.82) is 0 Å². The first-order chi connectivity index (χ1) is 2.39. The Bertz CT molecular complexity index is 34.5. The van der Waals surface area contributed by atoms with E-state index in [2.05, 4.69) is 11.9 Å². The van der Waals surface area contributed by atoms with E-state index >= 15 is 0 Å². The van der Waals surface area contributed by atoms with Crippen LogP contribution in [0.25, 0.3) is 0 Å². The fourth-order valence-electron chi connectivity index (χ4n) is 0.382. The average Bonchev–Trinajstić information content (AvgIpc) is 1.30. The van der Waals surface area contributed by atoms with E-state index in [4.69, 9.17) is 0 Å². The molecule has 0 bridgehead atoms. The van der Waals surface area contributed by atoms with Crippen molar-refractivity contribution in [2.45, 2.75) is 6.42 Å². The normalized spacial score (nSPS) is 21.5. The van der Waals surface area contributed by atoms with Gasteiger partial charge in [0.05, 0.1) is 0 Å². The summed E-state index contributed by atoms with van der Waals surface area (Å²) in [5.74, 6) is 0. The fourth-order valence-corrected chi connectivity index (χ4v) is 0.382. The predicted octanol–water partition coefficient (Wildman–Crippen LogP) is -2.51. The van der Waals surface area contributed by atoms with E-state index in [1.54, 1.807) is 0 Å². The Balaban J connectivity index is 0.000000250. The molecule has 6 heavy (non-hydrogen) atoms. The summed E-state index contributed by atoms with van der Waals surface area (Å²) in [4.78, 5) is 2.06. The van der Waals surface area contributed by atoms with Crippen molar-refractivity contribution in [3.8, 4) is 0 Å². The predicted molar refractivity (Wildman–Crippen MR) is 21.5 cm³/mol. The van der Waals surface area contributed by atoms with Crippen LogP contribution in [0, 0.1) is 7.05 Å². The topological polar surface area (TPSA) is 3.24 Å². The fraction of sp³-hybridized carbons (Fsp3) is 0.750. The third-order valence-corrected chi connectivity index (χ3v) is 0.949. The zero-order valence-corrected chi connectivity index (χ0v) is 7.40. The van der Waals surface area contributed by atoms with Gasteiger partial charge in [-0.2, -0.15) is 0 Å². The Morgan fingerprint density at radius 2 is 1.67 bits per heavy atom. The first-order valence-electron chi connectivity index (χ1n) is 1.95. The van der Waals surface area contributed by atoms with Crippen molar-refractivity contribution in [2.24, 2.45) is 0 Å². The molecule has 1 aliphatic rings. The molecule has 0 saturated carbocycles. The summed E-state index contributed by atoms with van der Waals surface area (Å²) in [5.41, 5.74) is 0. The molecule has 0 aromatic carbocycles. The van der Waals surface area contributed by atoms with Crippen LogP contribution in [0.1, 0.15) is 6.42 Å². The first kappa shape index (κ1) is 7.60. The van der Waals surface area contributed by atoms with Gasteiger partial charge in [0.15, 0.2) is 0 Å². The number of nitrogens with zero attached hydrogens (tertiary/aromatic N) is 1. The Morgan fingerprint density at radius 1 is 1.33 bits per heavy atom. The molecule has 1 rings (SSSR count). The summed E-state index contributed by atoms with van der Waals surface area (Å²) >= 11 is 0. The molecule has 0 N–H and O–H groups in total. The van der Waals surface area contributed by atoms with Crippen LogP contribution >= 0.6 is 0 Å². The van der Waals surface area contributed by atoms with Crippen LogP contribution in [0.3, 0.4) is 0 Å². The molecule has 1 aliphatic heterocycles. The van der Waals surface area contributed by atoms with Gasteiger partial charge < -0.3 is 4.90 Å². The molecule has 1 nitrogen and oxygen atoms in total. The minimum Gasteiger partial charge on any atom is -0.459 e. The molecule has 1 heterocycles. The summed E-state index contributed by atoms with van der Waals surface area (Å²) in [6.07, 6.45) is 1.35. The van der Waals surface area contributed by atoms with Crippen molar-refractivity contribution < 1.29 is 51.4 Å². The van der Waals surface area contributed by atoms with Gasteiger partial charge in [-0.15, -0.1) is 0 Å². The Hall–Kier alpha value is 1.60. The molecule has 0 atom stereocenters. The van der Waals surface area contributed by atoms with Crippen molar-refractivity contribution >= 4 is 0 Å². The van der Waals surface area contributed by atoms with E-state index in [9.17, 15) is 0 Å². The van der Waals surface area contributed by atoms with E-state index in [1.165, 1.54) is 19.5 Å². The monoisotopic (exact) mass is 109 g/mol. The molecular formula is C4H8KN. The van der Waals surface area contributed by atoms with Gasteiger partial charge in [-0.05, 0) is 19.5 Å². The maximum Gasteiger partial charge on any atom is 1.00 e. The second kappa shape index (κ2) is 3.58. The maximum absolute atomic E-state index is 3.68. The third-order valence-electron chi connectivity index (χ3n) is 0.949. The molecule has 1 saturated heterocycles. The van der Waals surface area contributed by atoms with E-state index in [-0.39, 0.29) is 51.4 Å². The molecule has 0 radical (unpaired) electrons. The van der Waals surface area contributed by atoms with Gasteiger partial charge in [0, 0.05) is 0 Å². The van der Waals surface area contributed by atoms with Gasteiger partial charge in [-0.25, -0.2) is 0 Å². The summed E-state index contributed by atoms with van der Waals surface area (Å²) in [5, 5.41) is 0. The van der Waals surface area contributed by atoms with Crippen LogP contribution in [-0.4, -0.2) is 18.0 Å². The molecule has 0 amide bonds. The van der Waals surface area contributed by atoms with E-state index in [1.807, 2.05) is 0 Å². The van der Waals surface area contributed by atoms with E-state index < -0.39 is 0 Å². The minimum absolute atomic E-state index is 0. The van der Waals surface area contributed by atoms with Crippen LogP contribution in [0.4, 0.5) is 0 Å². The van der Waals surface area contributed by atoms with Crippen molar-refractivity contribution in [3.05, 3.63) is 7.05 Å². The number of likely N-dealkylation sites (tertiary alicyclic amines) is 1. The summed E-state index contributed by atoms with van der Waals surface area (Å²) in [7, 11) is 3.68. The Kier molecular flexibility index (Phi) is 4.53. The standard InChI is InChI=1S/C4H8N.K/c1-5-3-2-4-5;/h1-4H2;/q-1;+1. The van der Waals surface area contributed by atoms with Crippen LogP contribution in [-0.2, 0) is 0 Å². The second-order valence-corrected chi connectivity index (χ2v) is 1.47. The van der Waals surface area contributed by atoms with Gasteiger partial charge >= 0.3 is 51.4 Å². The molecule has 2 heteroatoms. The van der Waals surface area contributed by atoms with E-state index in [0.29, 0.717) is 0 Å². The minimum atomic E-state index is 0. The molecule has 0 aromatic rings. The Labute approximate surface area is 81.5 Å². The smallest absolute Gasteiger partial charge is 0.459 e. The van der Waals surface area contributed by atoms with Crippen LogP contribution < -0.4 is 51.4 Å². The van der Waals surface area contributed by atoms with Crippen molar-refractivity contribution in [3.63, 3.8) is 0 Å². The van der Waals surface area contributed by atoms with Crippen LogP contribution in [0.5, 0.6) is 0 Å². The molecule has 0 aromatic heterocycles. The van der Waals surface area contributed by atoms with Crippen LogP contribution in [0.15, 0.2) is 0 Å². The third kappa shape index (κ3) is 2.05. The first-order valence-corrected chi connectivity index (χ1v) is 1.95.